The van der Waals surface area contributed by atoms with Crippen LogP contribution in [0.2, 0.25) is 0 Å². The Morgan fingerprint density at radius 2 is 1.67 bits per heavy atom. The molecule has 0 unspecified atom stereocenters. The first kappa shape index (κ1) is 20.9. The molecule has 4 heteroatoms. The van der Waals surface area contributed by atoms with Crippen LogP contribution in [0.5, 0.6) is 0 Å². The number of amides is 1. The second-order valence-electron chi connectivity index (χ2n) is 7.03. The molecule has 3 aromatic rings. The fourth-order valence-electron chi connectivity index (χ4n) is 3.19. The van der Waals surface area contributed by atoms with Gasteiger partial charge in [0.05, 0.1) is 0 Å². The van der Waals surface area contributed by atoms with Crippen LogP contribution in [0.25, 0.3) is 6.08 Å². The molecule has 0 spiro atoms. The van der Waals surface area contributed by atoms with E-state index in [1.165, 1.54) is 5.56 Å². The average Bonchev–Trinajstić information content (AvgIpc) is 2.78. The van der Waals surface area contributed by atoms with Crippen LogP contribution in [0.1, 0.15) is 23.6 Å². The summed E-state index contributed by atoms with van der Waals surface area (Å²) >= 11 is 0. The van der Waals surface area contributed by atoms with Crippen molar-refractivity contribution in [2.45, 2.75) is 20.4 Å². The predicted molar refractivity (Wildman–Crippen MR) is 123 cm³/mol. The van der Waals surface area contributed by atoms with E-state index in [1.807, 2.05) is 79.7 Å². The number of para-hydroxylation sites is 1. The molecule has 0 fully saturated rings. The Labute approximate surface area is 178 Å². The molecule has 3 rings (SSSR count). The van der Waals surface area contributed by atoms with Gasteiger partial charge in [-0.3, -0.25) is 4.79 Å². The Hall–Kier alpha value is -3.84. The zero-order chi connectivity index (χ0) is 21.3. The van der Waals surface area contributed by atoms with Gasteiger partial charge in [-0.05, 0) is 54.8 Å². The van der Waals surface area contributed by atoms with Crippen molar-refractivity contribution in [3.8, 4) is 6.07 Å². The number of carbonyl (C=O) groups is 1. The van der Waals surface area contributed by atoms with Crippen molar-refractivity contribution in [1.29, 1.82) is 5.26 Å². The lowest BCUT2D eigenvalue weighted by atomic mass is 10.1. The molecular formula is C26H25N3O. The quantitative estimate of drug-likeness (QED) is 0.420. The van der Waals surface area contributed by atoms with Gasteiger partial charge < -0.3 is 10.2 Å². The van der Waals surface area contributed by atoms with Crippen LogP contribution in [-0.4, -0.2) is 12.5 Å². The first-order valence-electron chi connectivity index (χ1n) is 9.98. The van der Waals surface area contributed by atoms with E-state index in [0.717, 1.165) is 29.9 Å². The van der Waals surface area contributed by atoms with Gasteiger partial charge in [-0.15, -0.1) is 0 Å². The lowest BCUT2D eigenvalue weighted by molar-refractivity contribution is -0.112. The Kier molecular flexibility index (Phi) is 7.02. The van der Waals surface area contributed by atoms with Gasteiger partial charge in [0.2, 0.25) is 0 Å². The molecule has 0 radical (unpaired) electrons. The summed E-state index contributed by atoms with van der Waals surface area (Å²) in [6, 6.07) is 27.8. The second-order valence-corrected chi connectivity index (χ2v) is 7.03. The van der Waals surface area contributed by atoms with Gasteiger partial charge in [0.25, 0.3) is 5.91 Å². The van der Waals surface area contributed by atoms with Crippen LogP contribution < -0.4 is 10.2 Å². The number of benzene rings is 3. The summed E-state index contributed by atoms with van der Waals surface area (Å²) in [5, 5.41) is 12.3. The predicted octanol–water partition coefficient (Wildman–Crippen LogP) is 5.57. The number of carbonyl (C=O) groups excluding carboxylic acids is 1. The minimum absolute atomic E-state index is 0.0719. The zero-order valence-corrected chi connectivity index (χ0v) is 17.3. The van der Waals surface area contributed by atoms with Crippen molar-refractivity contribution in [2.75, 3.05) is 16.8 Å². The highest BCUT2D eigenvalue weighted by atomic mass is 16.1. The van der Waals surface area contributed by atoms with Crippen LogP contribution in [-0.2, 0) is 11.3 Å². The smallest absolute Gasteiger partial charge is 0.266 e. The van der Waals surface area contributed by atoms with Crippen molar-refractivity contribution in [3.05, 3.63) is 101 Å². The number of nitrogens with zero attached hydrogens (tertiary/aromatic N) is 2. The Morgan fingerprint density at radius 3 is 2.30 bits per heavy atom. The number of nitriles is 1. The minimum atomic E-state index is -0.407. The van der Waals surface area contributed by atoms with E-state index in [2.05, 4.69) is 29.3 Å². The molecule has 3 aromatic carbocycles. The number of aryl methyl sites for hydroxylation is 1. The summed E-state index contributed by atoms with van der Waals surface area (Å²) in [5.74, 6) is -0.407. The van der Waals surface area contributed by atoms with Gasteiger partial charge in [-0.2, -0.15) is 5.26 Å². The maximum atomic E-state index is 12.5. The van der Waals surface area contributed by atoms with E-state index in [0.29, 0.717) is 5.69 Å². The molecule has 0 aliphatic rings. The van der Waals surface area contributed by atoms with Crippen molar-refractivity contribution in [3.63, 3.8) is 0 Å². The van der Waals surface area contributed by atoms with Gasteiger partial charge in [0, 0.05) is 24.5 Å². The summed E-state index contributed by atoms with van der Waals surface area (Å²) in [4.78, 5) is 14.8. The topological polar surface area (TPSA) is 56.1 Å². The summed E-state index contributed by atoms with van der Waals surface area (Å²) in [6.45, 7) is 5.75. The van der Waals surface area contributed by atoms with E-state index in [9.17, 15) is 10.1 Å². The highest BCUT2D eigenvalue weighted by molar-refractivity contribution is 6.09. The van der Waals surface area contributed by atoms with Gasteiger partial charge in [0.1, 0.15) is 11.6 Å². The van der Waals surface area contributed by atoms with Crippen LogP contribution in [0.15, 0.2) is 84.4 Å². The summed E-state index contributed by atoms with van der Waals surface area (Å²) < 4.78 is 0. The highest BCUT2D eigenvalue weighted by Gasteiger charge is 2.11. The lowest BCUT2D eigenvalue weighted by Gasteiger charge is -2.23. The molecule has 0 bridgehead atoms. The molecule has 0 saturated heterocycles. The molecule has 0 aliphatic carbocycles. The number of anilines is 2. The van der Waals surface area contributed by atoms with Crippen LogP contribution in [0, 0.1) is 18.3 Å². The molecule has 30 heavy (non-hydrogen) atoms. The van der Waals surface area contributed by atoms with Crippen LogP contribution >= 0.6 is 0 Å². The molecule has 0 atom stereocenters. The Bertz CT molecular complexity index is 1060. The van der Waals surface area contributed by atoms with Gasteiger partial charge >= 0.3 is 0 Å². The standard InChI is InChI=1S/C26H25N3O/c1-3-29(19-22-10-5-4-6-11-22)24-15-13-21(14-16-24)17-23(18-27)26(30)28-25-12-8-7-9-20(25)2/h4-17H,3,19H2,1-2H3,(H,28,30)/b23-17+. The first-order valence-corrected chi connectivity index (χ1v) is 9.98. The van der Waals surface area contributed by atoms with Gasteiger partial charge in [-0.25, -0.2) is 0 Å². The monoisotopic (exact) mass is 395 g/mol. The molecule has 0 aromatic heterocycles. The molecule has 4 nitrogen and oxygen atoms in total. The summed E-state index contributed by atoms with van der Waals surface area (Å²) in [6.07, 6.45) is 1.62. The highest BCUT2D eigenvalue weighted by Crippen LogP contribution is 2.20. The van der Waals surface area contributed by atoms with E-state index >= 15 is 0 Å². The minimum Gasteiger partial charge on any atom is -0.367 e. The molecule has 150 valence electrons. The van der Waals surface area contributed by atoms with E-state index < -0.39 is 5.91 Å². The van der Waals surface area contributed by atoms with Crippen LogP contribution in [0.4, 0.5) is 11.4 Å². The normalized spacial score (nSPS) is 10.9. The van der Waals surface area contributed by atoms with E-state index in [4.69, 9.17) is 0 Å². The zero-order valence-electron chi connectivity index (χ0n) is 17.3. The molecule has 1 N–H and O–H groups in total. The third-order valence-electron chi connectivity index (χ3n) is 4.93. The van der Waals surface area contributed by atoms with Crippen LogP contribution in [0.3, 0.4) is 0 Å². The van der Waals surface area contributed by atoms with E-state index in [1.54, 1.807) is 6.08 Å². The van der Waals surface area contributed by atoms with Crippen molar-refractivity contribution in [1.82, 2.24) is 0 Å². The molecular weight excluding hydrogens is 370 g/mol. The molecule has 0 aliphatic heterocycles. The second kappa shape index (κ2) is 10.1. The maximum Gasteiger partial charge on any atom is 0.266 e. The van der Waals surface area contributed by atoms with Crippen molar-refractivity contribution >= 4 is 23.4 Å². The number of nitrogens with one attached hydrogen (secondary N) is 1. The fourth-order valence-corrected chi connectivity index (χ4v) is 3.19. The largest absolute Gasteiger partial charge is 0.367 e. The Morgan fingerprint density at radius 1 is 1.00 bits per heavy atom. The summed E-state index contributed by atoms with van der Waals surface area (Å²) in [7, 11) is 0. The third kappa shape index (κ3) is 5.36. The van der Waals surface area contributed by atoms with Gasteiger partial charge in [0.15, 0.2) is 0 Å². The van der Waals surface area contributed by atoms with Crippen molar-refractivity contribution in [2.24, 2.45) is 0 Å². The molecule has 1 amide bonds. The first-order chi connectivity index (χ1) is 14.6. The number of hydrogen-bond donors (Lipinski definition) is 1. The number of rotatable bonds is 7. The molecule has 0 saturated carbocycles. The van der Waals surface area contributed by atoms with Gasteiger partial charge in [-0.1, -0.05) is 60.7 Å². The fraction of sp³-hybridized carbons (Fsp3) is 0.154. The van der Waals surface area contributed by atoms with Crippen molar-refractivity contribution < 1.29 is 4.79 Å². The molecule has 0 heterocycles. The Balaban J connectivity index is 1.73. The lowest BCUT2D eigenvalue weighted by Crippen LogP contribution is -2.21. The SMILES string of the molecule is CCN(Cc1ccccc1)c1ccc(/C=C(\C#N)C(=O)Nc2ccccc2C)cc1. The third-order valence-corrected chi connectivity index (χ3v) is 4.93. The van der Waals surface area contributed by atoms with E-state index in [-0.39, 0.29) is 5.57 Å². The maximum absolute atomic E-state index is 12.5. The number of hydrogen-bond acceptors (Lipinski definition) is 3. The summed E-state index contributed by atoms with van der Waals surface area (Å²) in [5.41, 5.74) is 4.89. The average molecular weight is 396 g/mol.